The van der Waals surface area contributed by atoms with Gasteiger partial charge in [-0.05, 0) is 54.7 Å². The fourth-order valence-corrected chi connectivity index (χ4v) is 3.84. The topological polar surface area (TPSA) is 38.0 Å². The van der Waals surface area contributed by atoms with Crippen molar-refractivity contribution in [2.24, 2.45) is 23.6 Å². The molecule has 1 aromatic carbocycles. The van der Waals surface area contributed by atoms with Crippen molar-refractivity contribution in [2.45, 2.75) is 31.7 Å². The van der Waals surface area contributed by atoms with Crippen LogP contribution in [0.2, 0.25) is 0 Å². The van der Waals surface area contributed by atoms with Gasteiger partial charge in [-0.1, -0.05) is 18.6 Å². The van der Waals surface area contributed by atoms with Crippen LogP contribution in [-0.4, -0.2) is 0 Å². The molecule has 2 aliphatic carbocycles. The first kappa shape index (κ1) is 11.2. The summed E-state index contributed by atoms with van der Waals surface area (Å²) in [5, 5.41) is 0. The zero-order valence-electron chi connectivity index (χ0n) is 9.90. The second-order valence-corrected chi connectivity index (χ2v) is 5.53. The highest BCUT2D eigenvalue weighted by atomic mass is 19.1. The zero-order valence-corrected chi connectivity index (χ0v) is 9.90. The number of nitrogens with one attached hydrogen (secondary N) is 1. The van der Waals surface area contributed by atoms with Crippen LogP contribution in [-0.2, 0) is 0 Å². The van der Waals surface area contributed by atoms with E-state index in [0.29, 0.717) is 5.92 Å². The van der Waals surface area contributed by atoms with Gasteiger partial charge in [0.2, 0.25) is 0 Å². The molecule has 0 aromatic heterocycles. The Kier molecular flexibility index (Phi) is 2.89. The Labute approximate surface area is 101 Å². The van der Waals surface area contributed by atoms with Crippen LogP contribution in [0.5, 0.6) is 0 Å². The van der Waals surface area contributed by atoms with E-state index >= 15 is 0 Å². The van der Waals surface area contributed by atoms with Crippen molar-refractivity contribution in [1.82, 2.24) is 5.43 Å². The van der Waals surface area contributed by atoms with Gasteiger partial charge in [0.25, 0.3) is 0 Å². The van der Waals surface area contributed by atoms with Crippen LogP contribution in [0.15, 0.2) is 24.3 Å². The summed E-state index contributed by atoms with van der Waals surface area (Å²) in [6.07, 6.45) is 5.37. The predicted molar refractivity (Wildman–Crippen MR) is 65.4 cm³/mol. The van der Waals surface area contributed by atoms with Crippen LogP contribution in [0.3, 0.4) is 0 Å². The van der Waals surface area contributed by atoms with Gasteiger partial charge < -0.3 is 0 Å². The third-order valence-electron chi connectivity index (χ3n) is 4.63. The lowest BCUT2D eigenvalue weighted by molar-refractivity contribution is 0.252. The van der Waals surface area contributed by atoms with E-state index in [4.69, 9.17) is 5.84 Å². The molecule has 1 aromatic rings. The highest BCUT2D eigenvalue weighted by molar-refractivity contribution is 5.21. The minimum Gasteiger partial charge on any atom is -0.271 e. The molecule has 0 radical (unpaired) electrons. The normalized spacial score (nSPS) is 32.9. The summed E-state index contributed by atoms with van der Waals surface area (Å²) < 4.78 is 12.9. The van der Waals surface area contributed by atoms with Gasteiger partial charge in [0, 0.05) is 6.04 Å². The maximum absolute atomic E-state index is 12.9. The number of hydrogen-bond acceptors (Lipinski definition) is 2. The highest BCUT2D eigenvalue weighted by Gasteiger charge is 2.43. The lowest BCUT2D eigenvalue weighted by atomic mass is 9.81. The van der Waals surface area contributed by atoms with E-state index < -0.39 is 0 Å². The molecule has 2 aliphatic rings. The molecule has 3 N–H and O–H groups in total. The molecule has 2 fully saturated rings. The third-order valence-corrected chi connectivity index (χ3v) is 4.63. The Morgan fingerprint density at radius 2 is 1.94 bits per heavy atom. The van der Waals surface area contributed by atoms with E-state index in [9.17, 15) is 4.39 Å². The minimum atomic E-state index is -0.183. The van der Waals surface area contributed by atoms with Gasteiger partial charge in [-0.3, -0.25) is 11.3 Å². The number of benzene rings is 1. The van der Waals surface area contributed by atoms with E-state index in [0.717, 1.165) is 17.4 Å². The summed E-state index contributed by atoms with van der Waals surface area (Å²) >= 11 is 0. The molecule has 0 heterocycles. The molecule has 2 saturated carbocycles. The largest absolute Gasteiger partial charge is 0.271 e. The number of halogens is 1. The van der Waals surface area contributed by atoms with E-state index in [-0.39, 0.29) is 11.9 Å². The second-order valence-electron chi connectivity index (χ2n) is 5.53. The van der Waals surface area contributed by atoms with E-state index in [1.54, 1.807) is 0 Å². The van der Waals surface area contributed by atoms with Crippen molar-refractivity contribution in [3.8, 4) is 0 Å². The van der Waals surface area contributed by atoms with Gasteiger partial charge in [0.15, 0.2) is 0 Å². The van der Waals surface area contributed by atoms with E-state index in [1.165, 1.54) is 37.8 Å². The summed E-state index contributed by atoms with van der Waals surface area (Å²) in [7, 11) is 0. The first-order valence-corrected chi connectivity index (χ1v) is 6.49. The fourth-order valence-electron chi connectivity index (χ4n) is 3.84. The summed E-state index contributed by atoms with van der Waals surface area (Å²) in [6, 6.07) is 6.93. The molecule has 2 nitrogen and oxygen atoms in total. The van der Waals surface area contributed by atoms with Crippen LogP contribution in [0.1, 0.15) is 37.3 Å². The Morgan fingerprint density at radius 1 is 1.18 bits per heavy atom. The van der Waals surface area contributed by atoms with Crippen LogP contribution in [0.4, 0.5) is 4.39 Å². The maximum Gasteiger partial charge on any atom is 0.123 e. The second kappa shape index (κ2) is 4.39. The average molecular weight is 234 g/mol. The Balaban J connectivity index is 1.81. The molecular formula is C14H19FN2. The average Bonchev–Trinajstić information content (AvgIpc) is 2.95. The standard InChI is InChI=1S/C14H19FN2/c15-12-5-3-10(4-6-12)14(17-16)13-8-9-1-2-11(13)7-9/h3-6,9,11,13-14,17H,1-2,7-8,16H2. The smallest absolute Gasteiger partial charge is 0.123 e. The van der Waals surface area contributed by atoms with Crippen LogP contribution >= 0.6 is 0 Å². The Bertz CT molecular complexity index is 390. The molecule has 3 rings (SSSR count). The number of rotatable bonds is 3. The van der Waals surface area contributed by atoms with E-state index in [1.807, 2.05) is 12.1 Å². The number of fused-ring (bicyclic) bond motifs is 2. The molecular weight excluding hydrogens is 215 g/mol. The molecule has 0 spiro atoms. The maximum atomic E-state index is 12.9. The lowest BCUT2D eigenvalue weighted by Crippen LogP contribution is -2.35. The molecule has 2 bridgehead atoms. The quantitative estimate of drug-likeness (QED) is 0.623. The highest BCUT2D eigenvalue weighted by Crippen LogP contribution is 2.52. The van der Waals surface area contributed by atoms with Gasteiger partial charge in [-0.15, -0.1) is 0 Å². The summed E-state index contributed by atoms with van der Waals surface area (Å²) in [5.41, 5.74) is 4.06. The van der Waals surface area contributed by atoms with Crippen molar-refractivity contribution in [3.05, 3.63) is 35.6 Å². The molecule has 4 atom stereocenters. The summed E-state index contributed by atoms with van der Waals surface area (Å²) in [4.78, 5) is 0. The molecule has 92 valence electrons. The van der Waals surface area contributed by atoms with Gasteiger partial charge in [0.05, 0.1) is 0 Å². The third kappa shape index (κ3) is 1.98. The number of hydrogen-bond donors (Lipinski definition) is 2. The van der Waals surface area contributed by atoms with Gasteiger partial charge in [0.1, 0.15) is 5.82 Å². The van der Waals surface area contributed by atoms with Crippen molar-refractivity contribution in [1.29, 1.82) is 0 Å². The van der Waals surface area contributed by atoms with Crippen molar-refractivity contribution >= 4 is 0 Å². The first-order chi connectivity index (χ1) is 8.28. The predicted octanol–water partition coefficient (Wildman–Crippen LogP) is 2.77. The summed E-state index contributed by atoms with van der Waals surface area (Å²) in [5.74, 6) is 7.87. The molecule has 4 unspecified atom stereocenters. The summed E-state index contributed by atoms with van der Waals surface area (Å²) in [6.45, 7) is 0. The van der Waals surface area contributed by atoms with Crippen LogP contribution in [0.25, 0.3) is 0 Å². The SMILES string of the molecule is NNC(c1ccc(F)cc1)C1CC2CCC1C2. The van der Waals surface area contributed by atoms with Crippen LogP contribution < -0.4 is 11.3 Å². The van der Waals surface area contributed by atoms with Crippen molar-refractivity contribution in [2.75, 3.05) is 0 Å². The molecule has 3 heteroatoms. The Morgan fingerprint density at radius 3 is 2.47 bits per heavy atom. The molecule has 0 saturated heterocycles. The van der Waals surface area contributed by atoms with E-state index in [2.05, 4.69) is 5.43 Å². The van der Waals surface area contributed by atoms with Crippen molar-refractivity contribution < 1.29 is 4.39 Å². The Hall–Kier alpha value is -0.930. The number of nitrogens with two attached hydrogens (primary N) is 1. The van der Waals surface area contributed by atoms with Crippen LogP contribution in [0, 0.1) is 23.6 Å². The van der Waals surface area contributed by atoms with Gasteiger partial charge in [-0.25, -0.2) is 4.39 Å². The lowest BCUT2D eigenvalue weighted by Gasteiger charge is -2.30. The van der Waals surface area contributed by atoms with Gasteiger partial charge >= 0.3 is 0 Å². The monoisotopic (exact) mass is 234 g/mol. The molecule has 17 heavy (non-hydrogen) atoms. The van der Waals surface area contributed by atoms with Gasteiger partial charge in [-0.2, -0.15) is 0 Å². The molecule has 0 amide bonds. The fraction of sp³-hybridized carbons (Fsp3) is 0.571. The minimum absolute atomic E-state index is 0.183. The number of hydrazine groups is 1. The van der Waals surface area contributed by atoms with Crippen molar-refractivity contribution in [3.63, 3.8) is 0 Å². The molecule has 0 aliphatic heterocycles. The first-order valence-electron chi connectivity index (χ1n) is 6.49. The zero-order chi connectivity index (χ0) is 11.8.